The standard InChI is InChI=1S/C15H24F9O3P/c16-12(17,13(18,19)14(20,21)15(22,23)24)10-8-6-4-2-1-3-5-7-9-11-28(25,26)27/h1-11H2,(H2,25,26,27). The highest BCUT2D eigenvalue weighted by atomic mass is 31.2. The van der Waals surface area contributed by atoms with Crippen molar-refractivity contribution in [3.63, 3.8) is 0 Å². The van der Waals surface area contributed by atoms with Gasteiger partial charge in [-0.15, -0.1) is 0 Å². The van der Waals surface area contributed by atoms with Crippen LogP contribution in [0.25, 0.3) is 0 Å². The zero-order valence-corrected chi connectivity index (χ0v) is 15.8. The second-order valence-electron chi connectivity index (χ2n) is 6.67. The summed E-state index contributed by atoms with van der Waals surface area (Å²) >= 11 is 0. The number of rotatable bonds is 14. The van der Waals surface area contributed by atoms with Gasteiger partial charge in [-0.25, -0.2) is 0 Å². The van der Waals surface area contributed by atoms with Crippen molar-refractivity contribution in [3.8, 4) is 0 Å². The van der Waals surface area contributed by atoms with Crippen LogP contribution in [0.2, 0.25) is 0 Å². The van der Waals surface area contributed by atoms with Crippen LogP contribution in [0.1, 0.15) is 64.2 Å². The summed E-state index contributed by atoms with van der Waals surface area (Å²) in [7, 11) is -4.01. The van der Waals surface area contributed by atoms with E-state index in [1.165, 1.54) is 0 Å². The highest BCUT2D eigenvalue weighted by Gasteiger charge is 2.81. The lowest BCUT2D eigenvalue weighted by molar-refractivity contribution is -0.396. The maximum absolute atomic E-state index is 13.3. The third-order valence-corrected chi connectivity index (χ3v) is 5.05. The fourth-order valence-corrected chi connectivity index (χ4v) is 3.10. The van der Waals surface area contributed by atoms with Gasteiger partial charge in [-0.05, 0) is 12.8 Å². The Hall–Kier alpha value is -0.480. The molecule has 0 rings (SSSR count). The molecule has 0 aliphatic rings. The summed E-state index contributed by atoms with van der Waals surface area (Å²) in [6.07, 6.45) is -5.59. The second kappa shape index (κ2) is 10.5. The SMILES string of the molecule is O=P(O)(O)CCCCCCCCCCCC(F)(F)C(F)(F)C(F)(F)C(F)(F)F. The average Bonchev–Trinajstić information content (AvgIpc) is 2.50. The van der Waals surface area contributed by atoms with E-state index in [9.17, 15) is 44.1 Å². The number of hydrogen-bond donors (Lipinski definition) is 2. The van der Waals surface area contributed by atoms with E-state index in [-0.39, 0.29) is 12.6 Å². The minimum Gasteiger partial charge on any atom is -0.324 e. The van der Waals surface area contributed by atoms with Gasteiger partial charge >= 0.3 is 31.5 Å². The lowest BCUT2D eigenvalue weighted by atomic mass is 9.97. The van der Waals surface area contributed by atoms with Crippen LogP contribution in [0.4, 0.5) is 39.5 Å². The van der Waals surface area contributed by atoms with E-state index in [0.29, 0.717) is 44.9 Å². The summed E-state index contributed by atoms with van der Waals surface area (Å²) in [6, 6.07) is 0. The molecule has 0 spiro atoms. The molecule has 0 aliphatic heterocycles. The lowest BCUT2D eigenvalue weighted by Gasteiger charge is -2.33. The van der Waals surface area contributed by atoms with E-state index in [4.69, 9.17) is 9.79 Å². The van der Waals surface area contributed by atoms with Crippen LogP contribution in [0.5, 0.6) is 0 Å². The van der Waals surface area contributed by atoms with Gasteiger partial charge in [-0.2, -0.15) is 39.5 Å². The van der Waals surface area contributed by atoms with Crippen molar-refractivity contribution < 1.29 is 53.9 Å². The molecule has 28 heavy (non-hydrogen) atoms. The summed E-state index contributed by atoms with van der Waals surface area (Å²) in [5.41, 5.74) is 0. The first kappa shape index (κ1) is 27.5. The van der Waals surface area contributed by atoms with Crippen LogP contribution in [-0.4, -0.2) is 39.9 Å². The zero-order chi connectivity index (χ0) is 22.3. The van der Waals surface area contributed by atoms with Crippen LogP contribution in [-0.2, 0) is 4.57 Å². The summed E-state index contributed by atoms with van der Waals surface area (Å²) in [5, 5.41) is 0. The maximum atomic E-state index is 13.3. The first-order valence-corrected chi connectivity index (χ1v) is 10.5. The summed E-state index contributed by atoms with van der Waals surface area (Å²) < 4.78 is 124. The van der Waals surface area contributed by atoms with Crippen LogP contribution >= 0.6 is 7.60 Å². The number of alkyl halides is 9. The zero-order valence-electron chi connectivity index (χ0n) is 14.9. The molecule has 0 saturated heterocycles. The molecule has 2 N–H and O–H groups in total. The summed E-state index contributed by atoms with van der Waals surface area (Å²) in [5.74, 6) is -18.9. The Labute approximate surface area is 156 Å². The third kappa shape index (κ3) is 8.49. The largest absolute Gasteiger partial charge is 0.460 e. The van der Waals surface area contributed by atoms with Gasteiger partial charge in [-0.1, -0.05) is 44.9 Å². The van der Waals surface area contributed by atoms with Crippen molar-refractivity contribution in [1.29, 1.82) is 0 Å². The second-order valence-corrected chi connectivity index (χ2v) is 8.45. The highest BCUT2D eigenvalue weighted by molar-refractivity contribution is 7.51. The first-order valence-electron chi connectivity index (χ1n) is 8.70. The minimum absolute atomic E-state index is 0.0263. The molecule has 0 aromatic heterocycles. The topological polar surface area (TPSA) is 57.5 Å². The van der Waals surface area contributed by atoms with Gasteiger partial charge in [0.05, 0.1) is 0 Å². The molecule has 0 aromatic rings. The van der Waals surface area contributed by atoms with Gasteiger partial charge in [0.25, 0.3) is 0 Å². The average molecular weight is 454 g/mol. The maximum Gasteiger partial charge on any atom is 0.460 e. The Kier molecular flexibility index (Phi) is 10.3. The Balaban J connectivity index is 4.06. The highest BCUT2D eigenvalue weighted by Crippen LogP contribution is 2.54. The fraction of sp³-hybridized carbons (Fsp3) is 1.00. The molecule has 0 saturated carbocycles. The van der Waals surface area contributed by atoms with Crippen LogP contribution in [0.15, 0.2) is 0 Å². The molecule has 13 heteroatoms. The normalized spacial score (nSPS) is 14.5. The van der Waals surface area contributed by atoms with Gasteiger partial charge in [0.2, 0.25) is 0 Å². The molecule has 0 amide bonds. The van der Waals surface area contributed by atoms with Gasteiger partial charge < -0.3 is 9.79 Å². The molecule has 0 heterocycles. The van der Waals surface area contributed by atoms with Crippen molar-refractivity contribution in [2.75, 3.05) is 6.16 Å². The number of unbranched alkanes of at least 4 members (excludes halogenated alkanes) is 8. The van der Waals surface area contributed by atoms with Gasteiger partial charge in [0.15, 0.2) is 0 Å². The monoisotopic (exact) mass is 454 g/mol. The van der Waals surface area contributed by atoms with Crippen LogP contribution in [0, 0.1) is 0 Å². The van der Waals surface area contributed by atoms with E-state index in [1.807, 2.05) is 0 Å². The molecule has 0 bridgehead atoms. The molecule has 0 radical (unpaired) electrons. The Morgan fingerprint density at radius 3 is 1.29 bits per heavy atom. The van der Waals surface area contributed by atoms with Gasteiger partial charge in [0, 0.05) is 12.6 Å². The van der Waals surface area contributed by atoms with E-state index in [2.05, 4.69) is 0 Å². The van der Waals surface area contributed by atoms with Crippen molar-refractivity contribution in [1.82, 2.24) is 0 Å². The van der Waals surface area contributed by atoms with E-state index < -0.39 is 44.4 Å². The summed E-state index contributed by atoms with van der Waals surface area (Å²) in [6.45, 7) is 0. The fourth-order valence-electron chi connectivity index (χ4n) is 2.47. The molecule has 170 valence electrons. The molecule has 0 aliphatic carbocycles. The quantitative estimate of drug-likeness (QED) is 0.178. The van der Waals surface area contributed by atoms with Crippen LogP contribution in [0.3, 0.4) is 0 Å². The summed E-state index contributed by atoms with van der Waals surface area (Å²) in [4.78, 5) is 17.3. The van der Waals surface area contributed by atoms with Crippen molar-refractivity contribution in [3.05, 3.63) is 0 Å². The molecule has 0 atom stereocenters. The van der Waals surface area contributed by atoms with E-state index in [0.717, 1.165) is 0 Å². The predicted octanol–water partition coefficient (Wildman–Crippen LogP) is 6.53. The smallest absolute Gasteiger partial charge is 0.324 e. The lowest BCUT2D eigenvalue weighted by Crippen LogP contribution is -2.60. The van der Waals surface area contributed by atoms with Crippen molar-refractivity contribution in [2.45, 2.75) is 88.2 Å². The first-order chi connectivity index (χ1) is 12.5. The van der Waals surface area contributed by atoms with E-state index in [1.54, 1.807) is 0 Å². The molecular weight excluding hydrogens is 430 g/mol. The van der Waals surface area contributed by atoms with Gasteiger partial charge in [0.1, 0.15) is 0 Å². The number of halogens is 9. The molecule has 3 nitrogen and oxygen atoms in total. The molecule has 0 fully saturated rings. The molecular formula is C15H24F9O3P. The Morgan fingerprint density at radius 2 is 0.929 bits per heavy atom. The van der Waals surface area contributed by atoms with Gasteiger partial charge in [-0.3, -0.25) is 4.57 Å². The van der Waals surface area contributed by atoms with E-state index >= 15 is 0 Å². The number of hydrogen-bond acceptors (Lipinski definition) is 1. The van der Waals surface area contributed by atoms with Crippen LogP contribution < -0.4 is 0 Å². The minimum atomic E-state index is -6.83. The predicted molar refractivity (Wildman–Crippen MR) is 84.0 cm³/mol. The molecule has 0 aromatic carbocycles. The Bertz CT molecular complexity index is 503. The third-order valence-electron chi connectivity index (χ3n) is 4.15. The molecule has 0 unspecified atom stereocenters. The van der Waals surface area contributed by atoms with Crippen molar-refractivity contribution >= 4 is 7.60 Å². The Morgan fingerprint density at radius 1 is 0.571 bits per heavy atom. The van der Waals surface area contributed by atoms with Crippen molar-refractivity contribution in [2.24, 2.45) is 0 Å².